The van der Waals surface area contributed by atoms with E-state index in [1.165, 1.54) is 6.42 Å². The highest BCUT2D eigenvalue weighted by Gasteiger charge is 2.28. The molecule has 2 N–H and O–H groups in total. The average molecular weight is 317 g/mol. The fourth-order valence-corrected chi connectivity index (χ4v) is 5.12. The van der Waals surface area contributed by atoms with E-state index in [1.54, 1.807) is 0 Å². The summed E-state index contributed by atoms with van der Waals surface area (Å²) in [6, 6.07) is -0.486. The van der Waals surface area contributed by atoms with E-state index in [9.17, 15) is 13.2 Å². The number of piperidine rings is 1. The normalized spacial score (nSPS) is 32.8. The summed E-state index contributed by atoms with van der Waals surface area (Å²) in [5, 5.41) is 5.57. The van der Waals surface area contributed by atoms with E-state index in [0.29, 0.717) is 24.8 Å². The van der Waals surface area contributed by atoms with Crippen LogP contribution in [0.5, 0.6) is 0 Å². The van der Waals surface area contributed by atoms with Crippen molar-refractivity contribution in [2.75, 3.05) is 37.7 Å². The van der Waals surface area contributed by atoms with Crippen LogP contribution in [0.2, 0.25) is 0 Å². The standard InChI is InChI=1S/C14H27N3O3S/c1-11-7-12(2)9-17(8-11)5-4-15-14(18)16-13-3-6-21(19,20)10-13/h11-13H,3-10H2,1-2H3,(H2,15,16,18)/t11-,12+,13-/m0/s1. The monoisotopic (exact) mass is 317 g/mol. The highest BCUT2D eigenvalue weighted by atomic mass is 32.2. The zero-order chi connectivity index (χ0) is 15.5. The molecule has 0 saturated carbocycles. The Bertz CT molecular complexity index is 456. The maximum Gasteiger partial charge on any atom is 0.315 e. The molecule has 0 bridgehead atoms. The summed E-state index contributed by atoms with van der Waals surface area (Å²) < 4.78 is 22.7. The topological polar surface area (TPSA) is 78.5 Å². The van der Waals surface area contributed by atoms with Gasteiger partial charge in [-0.1, -0.05) is 13.8 Å². The number of hydrogen-bond acceptors (Lipinski definition) is 4. The van der Waals surface area contributed by atoms with Gasteiger partial charge in [0.1, 0.15) is 0 Å². The van der Waals surface area contributed by atoms with Gasteiger partial charge in [-0.15, -0.1) is 0 Å². The van der Waals surface area contributed by atoms with Gasteiger partial charge in [0.15, 0.2) is 9.84 Å². The van der Waals surface area contributed by atoms with Gasteiger partial charge in [0.25, 0.3) is 0 Å². The van der Waals surface area contributed by atoms with Gasteiger partial charge in [0.05, 0.1) is 11.5 Å². The first kappa shape index (κ1) is 16.5. The van der Waals surface area contributed by atoms with E-state index in [2.05, 4.69) is 29.4 Å². The number of carbonyl (C=O) groups is 1. The Kier molecular flexibility index (Phi) is 5.48. The molecule has 2 aliphatic heterocycles. The van der Waals surface area contributed by atoms with Crippen molar-refractivity contribution in [1.82, 2.24) is 15.5 Å². The molecule has 0 aromatic heterocycles. The zero-order valence-electron chi connectivity index (χ0n) is 13.0. The Morgan fingerprint density at radius 3 is 2.48 bits per heavy atom. The molecular weight excluding hydrogens is 290 g/mol. The SMILES string of the molecule is C[C@@H]1C[C@H](C)CN(CCNC(=O)N[C@H]2CCS(=O)(=O)C2)C1. The summed E-state index contributed by atoms with van der Waals surface area (Å²) in [6.45, 7) is 8.17. The lowest BCUT2D eigenvalue weighted by Crippen LogP contribution is -2.47. The molecule has 122 valence electrons. The molecule has 0 aromatic carbocycles. The van der Waals surface area contributed by atoms with E-state index in [4.69, 9.17) is 0 Å². The fourth-order valence-electron chi connectivity index (χ4n) is 3.45. The second kappa shape index (κ2) is 6.96. The van der Waals surface area contributed by atoms with E-state index in [-0.39, 0.29) is 23.6 Å². The minimum absolute atomic E-state index is 0.0710. The number of sulfone groups is 1. The second-order valence-electron chi connectivity index (χ2n) is 6.71. The molecule has 7 heteroatoms. The molecule has 2 heterocycles. The molecule has 0 aromatic rings. The van der Waals surface area contributed by atoms with Gasteiger partial charge in [0.2, 0.25) is 0 Å². The van der Waals surface area contributed by atoms with Crippen LogP contribution in [0, 0.1) is 11.8 Å². The van der Waals surface area contributed by atoms with Gasteiger partial charge >= 0.3 is 6.03 Å². The van der Waals surface area contributed by atoms with Crippen LogP contribution in [0.1, 0.15) is 26.7 Å². The first-order valence-electron chi connectivity index (χ1n) is 7.81. The molecule has 2 aliphatic rings. The van der Waals surface area contributed by atoms with Crippen LogP contribution < -0.4 is 10.6 Å². The smallest absolute Gasteiger partial charge is 0.315 e. The maximum atomic E-state index is 11.7. The largest absolute Gasteiger partial charge is 0.337 e. The van der Waals surface area contributed by atoms with Crippen molar-refractivity contribution in [2.24, 2.45) is 11.8 Å². The van der Waals surface area contributed by atoms with Crippen molar-refractivity contribution in [2.45, 2.75) is 32.7 Å². The van der Waals surface area contributed by atoms with Crippen LogP contribution in [0.25, 0.3) is 0 Å². The lowest BCUT2D eigenvalue weighted by atomic mass is 9.92. The Morgan fingerprint density at radius 1 is 1.24 bits per heavy atom. The summed E-state index contributed by atoms with van der Waals surface area (Å²) in [7, 11) is -2.94. The number of urea groups is 1. The Balaban J connectivity index is 1.63. The van der Waals surface area contributed by atoms with Crippen molar-refractivity contribution >= 4 is 15.9 Å². The number of carbonyl (C=O) groups excluding carboxylic acids is 1. The van der Waals surface area contributed by atoms with Crippen LogP contribution in [0.4, 0.5) is 4.79 Å². The fraction of sp³-hybridized carbons (Fsp3) is 0.929. The highest BCUT2D eigenvalue weighted by molar-refractivity contribution is 7.91. The van der Waals surface area contributed by atoms with E-state index >= 15 is 0 Å². The van der Waals surface area contributed by atoms with Crippen molar-refractivity contribution in [3.05, 3.63) is 0 Å². The molecule has 0 aliphatic carbocycles. The number of hydrogen-bond donors (Lipinski definition) is 2. The minimum Gasteiger partial charge on any atom is -0.337 e. The zero-order valence-corrected chi connectivity index (χ0v) is 13.8. The molecule has 2 fully saturated rings. The quantitative estimate of drug-likeness (QED) is 0.789. The lowest BCUT2D eigenvalue weighted by molar-refractivity contribution is 0.142. The third-order valence-corrected chi connectivity index (χ3v) is 5.99. The number of rotatable bonds is 4. The molecule has 0 spiro atoms. The predicted octanol–water partition coefficient (Wildman–Crippen LogP) is 0.451. The van der Waals surface area contributed by atoms with E-state index < -0.39 is 9.84 Å². The van der Waals surface area contributed by atoms with Gasteiger partial charge < -0.3 is 15.5 Å². The Morgan fingerprint density at radius 2 is 1.90 bits per heavy atom. The molecule has 0 unspecified atom stereocenters. The molecule has 3 atom stereocenters. The molecule has 2 amide bonds. The van der Waals surface area contributed by atoms with Crippen LogP contribution in [0.3, 0.4) is 0 Å². The van der Waals surface area contributed by atoms with Crippen molar-refractivity contribution in [3.63, 3.8) is 0 Å². The highest BCUT2D eigenvalue weighted by Crippen LogP contribution is 2.20. The van der Waals surface area contributed by atoms with Gasteiger partial charge in [-0.2, -0.15) is 0 Å². The minimum atomic E-state index is -2.94. The second-order valence-corrected chi connectivity index (χ2v) is 8.93. The summed E-state index contributed by atoms with van der Waals surface area (Å²) in [4.78, 5) is 14.1. The lowest BCUT2D eigenvalue weighted by Gasteiger charge is -2.34. The summed E-state index contributed by atoms with van der Waals surface area (Å²) in [6.07, 6.45) is 1.80. The average Bonchev–Trinajstić information content (AvgIpc) is 2.67. The summed E-state index contributed by atoms with van der Waals surface area (Å²) in [5.41, 5.74) is 0. The first-order valence-corrected chi connectivity index (χ1v) is 9.63. The number of amides is 2. The summed E-state index contributed by atoms with van der Waals surface area (Å²) in [5.74, 6) is 1.68. The number of nitrogens with zero attached hydrogens (tertiary/aromatic N) is 1. The third-order valence-electron chi connectivity index (χ3n) is 4.23. The maximum absolute atomic E-state index is 11.7. The first-order chi connectivity index (χ1) is 9.84. The van der Waals surface area contributed by atoms with E-state index in [0.717, 1.165) is 19.6 Å². The van der Waals surface area contributed by atoms with Gasteiger partial charge in [-0.05, 0) is 24.7 Å². The molecule has 6 nitrogen and oxygen atoms in total. The Labute approximate surface area is 127 Å². The molecule has 2 saturated heterocycles. The number of likely N-dealkylation sites (tertiary alicyclic amines) is 1. The molecular formula is C14H27N3O3S. The van der Waals surface area contributed by atoms with Crippen LogP contribution in [0.15, 0.2) is 0 Å². The van der Waals surface area contributed by atoms with Gasteiger partial charge in [-0.3, -0.25) is 0 Å². The summed E-state index contributed by atoms with van der Waals surface area (Å²) >= 11 is 0. The molecule has 2 rings (SSSR count). The van der Waals surface area contributed by atoms with Gasteiger partial charge in [-0.25, -0.2) is 13.2 Å². The van der Waals surface area contributed by atoms with Crippen LogP contribution >= 0.6 is 0 Å². The third kappa shape index (κ3) is 5.47. The van der Waals surface area contributed by atoms with Gasteiger partial charge in [0, 0.05) is 32.2 Å². The van der Waals surface area contributed by atoms with Crippen molar-refractivity contribution in [1.29, 1.82) is 0 Å². The predicted molar refractivity (Wildman–Crippen MR) is 83.0 cm³/mol. The van der Waals surface area contributed by atoms with E-state index in [1.807, 2.05) is 0 Å². The molecule has 21 heavy (non-hydrogen) atoms. The van der Waals surface area contributed by atoms with Crippen LogP contribution in [-0.2, 0) is 9.84 Å². The van der Waals surface area contributed by atoms with Crippen molar-refractivity contribution < 1.29 is 13.2 Å². The Hall–Kier alpha value is -0.820. The number of nitrogens with one attached hydrogen (secondary N) is 2. The van der Waals surface area contributed by atoms with Crippen LogP contribution in [-0.4, -0.2) is 63.1 Å². The van der Waals surface area contributed by atoms with Crippen molar-refractivity contribution in [3.8, 4) is 0 Å². The molecule has 0 radical (unpaired) electrons.